The molecule has 3 aliphatic rings. The molecule has 4 rings (SSSR count). The van der Waals surface area contributed by atoms with Gasteiger partial charge in [0, 0.05) is 13.2 Å². The van der Waals surface area contributed by atoms with Gasteiger partial charge in [-0.1, -0.05) is 12.1 Å². The van der Waals surface area contributed by atoms with Crippen molar-refractivity contribution in [1.29, 1.82) is 0 Å². The highest BCUT2D eigenvalue weighted by Crippen LogP contribution is 2.52. The van der Waals surface area contributed by atoms with Crippen LogP contribution >= 0.6 is 0 Å². The molecule has 130 valence electrons. The van der Waals surface area contributed by atoms with Crippen molar-refractivity contribution in [3.63, 3.8) is 0 Å². The van der Waals surface area contributed by atoms with Crippen LogP contribution in [0.1, 0.15) is 31.2 Å². The van der Waals surface area contributed by atoms with Crippen LogP contribution in [0.4, 0.5) is 0 Å². The lowest BCUT2D eigenvalue weighted by Crippen LogP contribution is -2.30. The second-order valence-electron chi connectivity index (χ2n) is 6.80. The van der Waals surface area contributed by atoms with Gasteiger partial charge in [-0.15, -0.1) is 0 Å². The number of sulfone groups is 1. The molecular formula is C17H20O6S. The van der Waals surface area contributed by atoms with Gasteiger partial charge in [0.1, 0.15) is 6.10 Å². The highest BCUT2D eigenvalue weighted by atomic mass is 32.2. The Morgan fingerprint density at radius 3 is 2.25 bits per heavy atom. The summed E-state index contributed by atoms with van der Waals surface area (Å²) in [6.07, 6.45) is 2.61. The molecule has 0 amide bonds. The topological polar surface area (TPSA) is 93.2 Å². The second-order valence-corrected chi connectivity index (χ2v) is 9.03. The molecule has 2 aliphatic heterocycles. The minimum Gasteiger partial charge on any atom is -0.479 e. The summed E-state index contributed by atoms with van der Waals surface area (Å²) in [4.78, 5) is 12.1. The van der Waals surface area contributed by atoms with Crippen molar-refractivity contribution in [2.24, 2.45) is 5.92 Å². The molecule has 0 aromatic heterocycles. The highest BCUT2D eigenvalue weighted by Gasteiger charge is 2.66. The van der Waals surface area contributed by atoms with E-state index in [-0.39, 0.29) is 22.2 Å². The van der Waals surface area contributed by atoms with E-state index in [2.05, 4.69) is 0 Å². The van der Waals surface area contributed by atoms with Gasteiger partial charge in [0.15, 0.2) is 9.84 Å². The molecule has 0 spiro atoms. The molecule has 1 saturated carbocycles. The number of rotatable bonds is 5. The Labute approximate surface area is 140 Å². The number of aliphatic carboxylic acids is 1. The van der Waals surface area contributed by atoms with Gasteiger partial charge in [0.2, 0.25) is 5.60 Å². The average Bonchev–Trinajstić information content (AvgIpc) is 3.49. The van der Waals surface area contributed by atoms with Gasteiger partial charge >= 0.3 is 5.97 Å². The van der Waals surface area contributed by atoms with Crippen LogP contribution in [0.5, 0.6) is 0 Å². The molecule has 1 N–H and O–H groups in total. The van der Waals surface area contributed by atoms with E-state index >= 15 is 0 Å². The summed E-state index contributed by atoms with van der Waals surface area (Å²) in [7, 11) is -3.27. The first-order chi connectivity index (χ1) is 11.5. The summed E-state index contributed by atoms with van der Waals surface area (Å²) >= 11 is 0. The van der Waals surface area contributed by atoms with E-state index in [9.17, 15) is 18.3 Å². The minimum absolute atomic E-state index is 0.157. The molecule has 6 nitrogen and oxygen atoms in total. The van der Waals surface area contributed by atoms with Crippen LogP contribution in [0, 0.1) is 5.92 Å². The Bertz CT molecular complexity index is 746. The lowest BCUT2D eigenvalue weighted by atomic mass is 9.85. The minimum atomic E-state index is -3.27. The first-order valence-corrected chi connectivity index (χ1v) is 9.84. The Kier molecular flexibility index (Phi) is 3.71. The molecular weight excluding hydrogens is 332 g/mol. The molecule has 0 bridgehead atoms. The zero-order valence-corrected chi connectivity index (χ0v) is 14.0. The molecule has 24 heavy (non-hydrogen) atoms. The normalized spacial score (nSPS) is 30.9. The van der Waals surface area contributed by atoms with Crippen LogP contribution in [0.25, 0.3) is 0 Å². The number of carbonyl (C=O) groups is 1. The SMILES string of the molecule is O=C(O)[C@]1(c2ccc(S(=O)(=O)C3CC3)cc2)O[C@H]1C1CCOCC1. The van der Waals surface area contributed by atoms with Gasteiger partial charge in [0.25, 0.3) is 0 Å². The maximum Gasteiger partial charge on any atom is 0.343 e. The zero-order chi connectivity index (χ0) is 16.9. The number of hydrogen-bond donors (Lipinski definition) is 1. The zero-order valence-electron chi connectivity index (χ0n) is 13.2. The molecule has 0 radical (unpaired) electrons. The summed E-state index contributed by atoms with van der Waals surface area (Å²) in [5.41, 5.74) is -0.828. The van der Waals surface area contributed by atoms with Crippen LogP contribution in [-0.2, 0) is 29.7 Å². The Balaban J connectivity index is 1.60. The summed E-state index contributed by atoms with van der Waals surface area (Å²) in [6.45, 7) is 1.25. The fourth-order valence-electron chi connectivity index (χ4n) is 3.60. The number of epoxide rings is 1. The molecule has 2 atom stereocenters. The summed E-state index contributed by atoms with van der Waals surface area (Å²) in [6, 6.07) is 6.19. The van der Waals surface area contributed by atoms with Crippen LogP contribution in [0.3, 0.4) is 0 Å². The van der Waals surface area contributed by atoms with E-state index in [0.29, 0.717) is 31.6 Å². The van der Waals surface area contributed by atoms with E-state index < -0.39 is 21.4 Å². The van der Waals surface area contributed by atoms with Gasteiger partial charge in [-0.25, -0.2) is 13.2 Å². The van der Waals surface area contributed by atoms with Gasteiger partial charge in [-0.2, -0.15) is 0 Å². The summed E-state index contributed by atoms with van der Waals surface area (Å²) in [5, 5.41) is 9.44. The van der Waals surface area contributed by atoms with Gasteiger partial charge in [-0.3, -0.25) is 0 Å². The standard InChI is InChI=1S/C17H20O6S/c18-16(19)17(15(23-17)11-7-9-22-10-8-11)12-1-3-13(4-2-12)24(20,21)14-5-6-14/h1-4,11,14-15H,5-10H2,(H,18,19)/t15-,17+/m0/s1. The Morgan fingerprint density at radius 1 is 1.08 bits per heavy atom. The quantitative estimate of drug-likeness (QED) is 0.811. The molecule has 2 saturated heterocycles. The average molecular weight is 352 g/mol. The predicted octanol–water partition coefficient (Wildman–Crippen LogP) is 1.73. The third kappa shape index (κ3) is 2.46. The van der Waals surface area contributed by atoms with E-state index in [0.717, 1.165) is 12.8 Å². The number of carboxylic acid groups (broad SMARTS) is 1. The van der Waals surface area contributed by atoms with Gasteiger partial charge in [-0.05, 0) is 49.3 Å². The van der Waals surface area contributed by atoms with Crippen molar-refractivity contribution in [2.75, 3.05) is 13.2 Å². The smallest absolute Gasteiger partial charge is 0.343 e. The number of ether oxygens (including phenoxy) is 2. The van der Waals surface area contributed by atoms with Crippen molar-refractivity contribution in [3.05, 3.63) is 29.8 Å². The fraction of sp³-hybridized carbons (Fsp3) is 0.588. The first kappa shape index (κ1) is 16.1. The van der Waals surface area contributed by atoms with Crippen molar-refractivity contribution >= 4 is 15.8 Å². The molecule has 1 aromatic rings. The first-order valence-electron chi connectivity index (χ1n) is 8.29. The third-order valence-corrected chi connectivity index (χ3v) is 7.52. The van der Waals surface area contributed by atoms with Crippen molar-refractivity contribution in [3.8, 4) is 0 Å². The third-order valence-electron chi connectivity index (χ3n) is 5.24. The van der Waals surface area contributed by atoms with Crippen molar-refractivity contribution in [2.45, 2.75) is 47.5 Å². The molecule has 1 aromatic carbocycles. The molecule has 3 fully saturated rings. The number of benzene rings is 1. The van der Waals surface area contributed by atoms with Gasteiger partial charge in [0.05, 0.1) is 10.1 Å². The second kappa shape index (κ2) is 5.54. The summed E-state index contributed by atoms with van der Waals surface area (Å²) < 4.78 is 35.5. The maximum atomic E-state index is 12.3. The van der Waals surface area contributed by atoms with E-state index in [4.69, 9.17) is 9.47 Å². The fourth-order valence-corrected chi connectivity index (χ4v) is 5.26. The van der Waals surface area contributed by atoms with Crippen LogP contribution in [0.15, 0.2) is 29.2 Å². The Morgan fingerprint density at radius 2 is 1.71 bits per heavy atom. The Hall–Kier alpha value is -1.44. The maximum absolute atomic E-state index is 12.3. The molecule has 0 unspecified atom stereocenters. The summed E-state index contributed by atoms with van der Waals surface area (Å²) in [5.74, 6) is -0.860. The molecule has 7 heteroatoms. The van der Waals surface area contributed by atoms with Crippen molar-refractivity contribution < 1.29 is 27.8 Å². The lowest BCUT2D eigenvalue weighted by Gasteiger charge is -2.21. The van der Waals surface area contributed by atoms with E-state index in [1.165, 1.54) is 12.1 Å². The molecule has 2 heterocycles. The monoisotopic (exact) mass is 352 g/mol. The van der Waals surface area contributed by atoms with E-state index in [1.54, 1.807) is 12.1 Å². The lowest BCUT2D eigenvalue weighted by molar-refractivity contribution is -0.143. The number of carboxylic acids is 1. The van der Waals surface area contributed by atoms with Crippen molar-refractivity contribution in [1.82, 2.24) is 0 Å². The predicted molar refractivity (Wildman–Crippen MR) is 84.4 cm³/mol. The van der Waals surface area contributed by atoms with Crippen LogP contribution in [-0.4, -0.2) is 44.1 Å². The largest absolute Gasteiger partial charge is 0.479 e. The van der Waals surface area contributed by atoms with Crippen LogP contribution < -0.4 is 0 Å². The van der Waals surface area contributed by atoms with Gasteiger partial charge < -0.3 is 14.6 Å². The highest BCUT2D eigenvalue weighted by molar-refractivity contribution is 7.92. The van der Waals surface area contributed by atoms with E-state index in [1.807, 2.05) is 0 Å². The molecule has 1 aliphatic carbocycles. The number of hydrogen-bond acceptors (Lipinski definition) is 5. The van der Waals surface area contributed by atoms with Crippen LogP contribution in [0.2, 0.25) is 0 Å².